The summed E-state index contributed by atoms with van der Waals surface area (Å²) in [6.45, 7) is 6.30. The predicted octanol–water partition coefficient (Wildman–Crippen LogP) is 3.17. The van der Waals surface area contributed by atoms with Gasteiger partial charge in [-0.15, -0.1) is 0 Å². The molecule has 0 saturated heterocycles. The van der Waals surface area contributed by atoms with Gasteiger partial charge in [0.15, 0.2) is 6.61 Å². The number of nitrogens with two attached hydrogens (primary N) is 1. The molecule has 132 valence electrons. The molecule has 0 bridgehead atoms. The summed E-state index contributed by atoms with van der Waals surface area (Å²) < 4.78 is 11.1. The normalized spacial score (nSPS) is 23.8. The smallest absolute Gasteiger partial charge is 0.344 e. The van der Waals surface area contributed by atoms with Crippen LogP contribution in [0.1, 0.15) is 50.4 Å². The second-order valence-corrected chi connectivity index (χ2v) is 7.00. The lowest BCUT2D eigenvalue weighted by molar-refractivity contribution is -0.158. The number of carbonyl (C=O) groups excluding carboxylic acids is 2. The summed E-state index contributed by atoms with van der Waals surface area (Å²) >= 11 is 0. The summed E-state index contributed by atoms with van der Waals surface area (Å²) in [5, 5.41) is 0. The zero-order valence-corrected chi connectivity index (χ0v) is 14.7. The quantitative estimate of drug-likeness (QED) is 0.811. The molecule has 1 aliphatic rings. The molecule has 1 saturated carbocycles. The molecule has 5 heteroatoms. The van der Waals surface area contributed by atoms with E-state index in [1.54, 1.807) is 24.3 Å². The number of carbonyl (C=O) groups is 2. The molecule has 5 nitrogen and oxygen atoms in total. The van der Waals surface area contributed by atoms with Crippen LogP contribution in [-0.4, -0.2) is 24.6 Å². The molecule has 3 atom stereocenters. The molecular formula is C19H27NO4. The van der Waals surface area contributed by atoms with Crippen LogP contribution in [0.5, 0.6) is 5.75 Å². The number of hydrogen-bond donors (Lipinski definition) is 1. The maximum Gasteiger partial charge on any atom is 0.344 e. The van der Waals surface area contributed by atoms with E-state index in [0.29, 0.717) is 23.5 Å². The van der Waals surface area contributed by atoms with E-state index in [9.17, 15) is 9.59 Å². The average molecular weight is 333 g/mol. The van der Waals surface area contributed by atoms with Crippen LogP contribution >= 0.6 is 0 Å². The molecular weight excluding hydrogens is 306 g/mol. The van der Waals surface area contributed by atoms with Crippen LogP contribution in [0.2, 0.25) is 0 Å². The Morgan fingerprint density at radius 3 is 2.62 bits per heavy atom. The van der Waals surface area contributed by atoms with Crippen LogP contribution in [0, 0.1) is 17.8 Å². The highest BCUT2D eigenvalue weighted by Crippen LogP contribution is 2.35. The lowest BCUT2D eigenvalue weighted by Gasteiger charge is -2.36. The molecule has 1 aromatic rings. The monoisotopic (exact) mass is 333 g/mol. The van der Waals surface area contributed by atoms with Crippen molar-refractivity contribution in [3.8, 4) is 5.75 Å². The first-order valence-corrected chi connectivity index (χ1v) is 8.59. The summed E-state index contributed by atoms with van der Waals surface area (Å²) in [6.07, 6.45) is 3.10. The minimum atomic E-state index is -0.583. The van der Waals surface area contributed by atoms with Gasteiger partial charge in [-0.3, -0.25) is 4.79 Å². The number of benzene rings is 1. The zero-order chi connectivity index (χ0) is 17.7. The molecule has 0 spiro atoms. The molecule has 0 aromatic heterocycles. The van der Waals surface area contributed by atoms with Crippen molar-refractivity contribution >= 4 is 11.9 Å². The van der Waals surface area contributed by atoms with Crippen molar-refractivity contribution in [2.24, 2.45) is 23.5 Å². The molecule has 2 N–H and O–H groups in total. The fourth-order valence-electron chi connectivity index (χ4n) is 3.39. The minimum absolute atomic E-state index is 0.0590. The van der Waals surface area contributed by atoms with Crippen LogP contribution < -0.4 is 10.5 Å². The number of rotatable bonds is 6. The first kappa shape index (κ1) is 18.3. The van der Waals surface area contributed by atoms with Crippen LogP contribution in [0.25, 0.3) is 0 Å². The maximum absolute atomic E-state index is 12.2. The van der Waals surface area contributed by atoms with Crippen LogP contribution in [0.3, 0.4) is 0 Å². The highest BCUT2D eigenvalue weighted by atomic mass is 16.6. The second-order valence-electron chi connectivity index (χ2n) is 7.00. The second kappa shape index (κ2) is 8.18. The Hall–Kier alpha value is -2.04. The van der Waals surface area contributed by atoms with Crippen molar-refractivity contribution in [2.45, 2.75) is 46.1 Å². The first-order valence-electron chi connectivity index (χ1n) is 8.59. The van der Waals surface area contributed by atoms with E-state index in [4.69, 9.17) is 15.2 Å². The van der Waals surface area contributed by atoms with Crippen LogP contribution in [-0.2, 0) is 9.53 Å². The Labute approximate surface area is 143 Å². The number of amides is 1. The van der Waals surface area contributed by atoms with Crippen molar-refractivity contribution in [3.05, 3.63) is 29.8 Å². The number of ether oxygens (including phenoxy) is 2. The van der Waals surface area contributed by atoms with E-state index >= 15 is 0 Å². The van der Waals surface area contributed by atoms with Gasteiger partial charge in [-0.05, 0) is 42.7 Å². The SMILES string of the molecule is CC(C)[C@H]1CC[C@@H](C)C[C@H]1OC(=O)COc1ccccc1C(N)=O. The van der Waals surface area contributed by atoms with Crippen LogP contribution in [0.4, 0.5) is 0 Å². The van der Waals surface area contributed by atoms with Gasteiger partial charge in [0.05, 0.1) is 5.56 Å². The molecule has 2 rings (SSSR count). The lowest BCUT2D eigenvalue weighted by atomic mass is 9.75. The summed E-state index contributed by atoms with van der Waals surface area (Å²) in [7, 11) is 0. The zero-order valence-electron chi connectivity index (χ0n) is 14.7. The number of esters is 1. The van der Waals surface area contributed by atoms with Crippen molar-refractivity contribution in [1.29, 1.82) is 0 Å². The molecule has 1 aromatic carbocycles. The van der Waals surface area contributed by atoms with Gasteiger partial charge >= 0.3 is 5.97 Å². The molecule has 1 fully saturated rings. The Balaban J connectivity index is 1.94. The average Bonchev–Trinajstić information content (AvgIpc) is 2.53. The van der Waals surface area contributed by atoms with Gasteiger partial charge in [0.1, 0.15) is 11.9 Å². The van der Waals surface area contributed by atoms with Gasteiger partial charge in [0, 0.05) is 0 Å². The Morgan fingerprint density at radius 1 is 1.25 bits per heavy atom. The largest absolute Gasteiger partial charge is 0.481 e. The Kier molecular flexibility index (Phi) is 6.23. The van der Waals surface area contributed by atoms with Crippen LogP contribution in [0.15, 0.2) is 24.3 Å². The summed E-state index contributed by atoms with van der Waals surface area (Å²) in [5.41, 5.74) is 5.56. The molecule has 24 heavy (non-hydrogen) atoms. The van der Waals surface area contributed by atoms with Gasteiger partial charge in [0.2, 0.25) is 0 Å². The summed E-state index contributed by atoms with van der Waals surface area (Å²) in [5.74, 6) is 0.752. The summed E-state index contributed by atoms with van der Waals surface area (Å²) in [6, 6.07) is 6.61. The molecule has 1 amide bonds. The van der Waals surface area contributed by atoms with E-state index in [1.165, 1.54) is 6.42 Å². The summed E-state index contributed by atoms with van der Waals surface area (Å²) in [4.78, 5) is 23.5. The van der Waals surface area contributed by atoms with Gasteiger partial charge in [-0.2, -0.15) is 0 Å². The van der Waals surface area contributed by atoms with E-state index in [-0.39, 0.29) is 18.3 Å². The number of hydrogen-bond acceptors (Lipinski definition) is 4. The Bertz CT molecular complexity index is 584. The Morgan fingerprint density at radius 2 is 1.96 bits per heavy atom. The van der Waals surface area contributed by atoms with E-state index < -0.39 is 11.9 Å². The van der Waals surface area contributed by atoms with E-state index in [0.717, 1.165) is 12.8 Å². The van der Waals surface area contributed by atoms with Crippen molar-refractivity contribution in [2.75, 3.05) is 6.61 Å². The van der Waals surface area contributed by atoms with Crippen molar-refractivity contribution in [3.63, 3.8) is 0 Å². The molecule has 0 aliphatic heterocycles. The molecule has 0 unspecified atom stereocenters. The molecule has 1 aliphatic carbocycles. The lowest BCUT2D eigenvalue weighted by Crippen LogP contribution is -2.37. The van der Waals surface area contributed by atoms with Crippen molar-refractivity contribution in [1.82, 2.24) is 0 Å². The van der Waals surface area contributed by atoms with Crippen molar-refractivity contribution < 1.29 is 19.1 Å². The fourth-order valence-corrected chi connectivity index (χ4v) is 3.39. The van der Waals surface area contributed by atoms with Gasteiger partial charge in [-0.25, -0.2) is 4.79 Å². The standard InChI is InChI=1S/C19H27NO4/c1-12(2)14-9-8-13(3)10-17(14)24-18(21)11-23-16-7-5-4-6-15(16)19(20)22/h4-7,12-14,17H,8-11H2,1-3H3,(H2,20,22)/t13-,14-,17-/m1/s1. The van der Waals surface area contributed by atoms with Gasteiger partial charge in [0.25, 0.3) is 5.91 Å². The molecule has 0 heterocycles. The predicted molar refractivity (Wildman–Crippen MR) is 91.7 cm³/mol. The molecule has 0 radical (unpaired) electrons. The fraction of sp³-hybridized carbons (Fsp3) is 0.579. The minimum Gasteiger partial charge on any atom is -0.481 e. The maximum atomic E-state index is 12.2. The highest BCUT2D eigenvalue weighted by Gasteiger charge is 2.33. The number of para-hydroxylation sites is 1. The third-order valence-electron chi connectivity index (χ3n) is 4.74. The van der Waals surface area contributed by atoms with Gasteiger partial charge < -0.3 is 15.2 Å². The highest BCUT2D eigenvalue weighted by molar-refractivity contribution is 5.95. The third kappa shape index (κ3) is 4.73. The van der Waals surface area contributed by atoms with E-state index in [1.807, 2.05) is 0 Å². The number of primary amides is 1. The topological polar surface area (TPSA) is 78.6 Å². The van der Waals surface area contributed by atoms with E-state index in [2.05, 4.69) is 20.8 Å². The third-order valence-corrected chi connectivity index (χ3v) is 4.74. The first-order chi connectivity index (χ1) is 11.4. The van der Waals surface area contributed by atoms with Gasteiger partial charge in [-0.1, -0.05) is 39.3 Å².